The molecule has 4 heteroatoms. The van der Waals surface area contributed by atoms with Gasteiger partial charge in [0.1, 0.15) is 0 Å². The fourth-order valence-electron chi connectivity index (χ4n) is 2.83. The molecule has 1 aromatic carbocycles. The van der Waals surface area contributed by atoms with Gasteiger partial charge in [-0.2, -0.15) is 0 Å². The van der Waals surface area contributed by atoms with Crippen molar-refractivity contribution in [3.8, 4) is 0 Å². The largest absolute Gasteiger partial charge is 0.396 e. The minimum atomic E-state index is -0.405. The number of hydrogen-bond donors (Lipinski definition) is 4. The fraction of sp³-hybridized carbons (Fsp3) is 0.727. The molecular formula is C22H38O4. The summed E-state index contributed by atoms with van der Waals surface area (Å²) in [7, 11) is 0. The Labute approximate surface area is 158 Å². The molecule has 0 bridgehead atoms. The van der Waals surface area contributed by atoms with Crippen LogP contribution in [-0.2, 0) is 12.8 Å². The molecule has 4 nitrogen and oxygen atoms in total. The number of aliphatic hydroxyl groups excluding tert-OH is 4. The van der Waals surface area contributed by atoms with E-state index < -0.39 is 12.2 Å². The van der Waals surface area contributed by atoms with Crippen LogP contribution in [0, 0.1) is 10.8 Å². The highest BCUT2D eigenvalue weighted by Crippen LogP contribution is 2.24. The average Bonchev–Trinajstić information content (AvgIpc) is 2.60. The summed E-state index contributed by atoms with van der Waals surface area (Å²) in [4.78, 5) is 0. The van der Waals surface area contributed by atoms with E-state index in [0.29, 0.717) is 25.7 Å². The first kappa shape index (κ1) is 23.1. The average molecular weight is 367 g/mol. The maximum absolute atomic E-state index is 10.2. The Morgan fingerprint density at radius 1 is 0.692 bits per heavy atom. The van der Waals surface area contributed by atoms with E-state index >= 15 is 0 Å². The van der Waals surface area contributed by atoms with E-state index in [-0.39, 0.29) is 24.0 Å². The van der Waals surface area contributed by atoms with Crippen LogP contribution in [-0.4, -0.2) is 45.8 Å². The van der Waals surface area contributed by atoms with E-state index in [1.54, 1.807) is 0 Å². The maximum atomic E-state index is 10.2. The Hall–Kier alpha value is -0.940. The fourth-order valence-corrected chi connectivity index (χ4v) is 2.83. The lowest BCUT2D eigenvalue weighted by Crippen LogP contribution is -2.21. The van der Waals surface area contributed by atoms with Gasteiger partial charge in [0.25, 0.3) is 0 Å². The third-order valence-corrected chi connectivity index (χ3v) is 5.13. The Balaban J connectivity index is 2.43. The van der Waals surface area contributed by atoms with Crippen LogP contribution in [0.1, 0.15) is 64.5 Å². The Morgan fingerprint density at radius 2 is 1.00 bits per heavy atom. The number of rotatable bonds is 12. The van der Waals surface area contributed by atoms with Gasteiger partial charge in [-0.3, -0.25) is 0 Å². The van der Waals surface area contributed by atoms with Crippen LogP contribution in [0.25, 0.3) is 0 Å². The highest BCUT2D eigenvalue weighted by molar-refractivity contribution is 5.23. The zero-order valence-corrected chi connectivity index (χ0v) is 16.9. The van der Waals surface area contributed by atoms with E-state index in [1.165, 1.54) is 0 Å². The van der Waals surface area contributed by atoms with Crippen molar-refractivity contribution in [1.29, 1.82) is 0 Å². The Morgan fingerprint density at radius 3 is 1.27 bits per heavy atom. The Kier molecular flexibility index (Phi) is 9.25. The summed E-state index contributed by atoms with van der Waals surface area (Å²) in [5, 5.41) is 39.0. The molecule has 26 heavy (non-hydrogen) atoms. The molecule has 0 spiro atoms. The molecule has 0 saturated heterocycles. The van der Waals surface area contributed by atoms with Gasteiger partial charge in [0, 0.05) is 13.2 Å². The maximum Gasteiger partial charge on any atom is 0.0580 e. The topological polar surface area (TPSA) is 80.9 Å². The van der Waals surface area contributed by atoms with Crippen molar-refractivity contribution in [3.05, 3.63) is 35.4 Å². The molecule has 1 aromatic rings. The van der Waals surface area contributed by atoms with E-state index in [1.807, 2.05) is 52.0 Å². The molecule has 0 heterocycles. The molecule has 2 unspecified atom stereocenters. The number of aliphatic hydroxyl groups is 4. The van der Waals surface area contributed by atoms with Gasteiger partial charge in [-0.25, -0.2) is 0 Å². The molecule has 0 radical (unpaired) electrons. The van der Waals surface area contributed by atoms with Gasteiger partial charge in [-0.15, -0.1) is 0 Å². The monoisotopic (exact) mass is 366 g/mol. The summed E-state index contributed by atoms with van der Waals surface area (Å²) < 4.78 is 0. The van der Waals surface area contributed by atoms with Crippen LogP contribution in [0.3, 0.4) is 0 Å². The molecule has 1 rings (SSSR count). The quantitative estimate of drug-likeness (QED) is 0.458. The van der Waals surface area contributed by atoms with Crippen molar-refractivity contribution in [2.75, 3.05) is 13.2 Å². The predicted molar refractivity (Wildman–Crippen MR) is 106 cm³/mol. The van der Waals surface area contributed by atoms with Gasteiger partial charge in [-0.1, -0.05) is 52.0 Å². The van der Waals surface area contributed by atoms with E-state index in [4.69, 9.17) is 0 Å². The van der Waals surface area contributed by atoms with Gasteiger partial charge in [0.2, 0.25) is 0 Å². The molecule has 4 N–H and O–H groups in total. The molecule has 0 fully saturated rings. The summed E-state index contributed by atoms with van der Waals surface area (Å²) in [5.74, 6) is 0. The molecule has 2 atom stereocenters. The second-order valence-electron chi connectivity index (χ2n) is 9.25. The summed E-state index contributed by atoms with van der Waals surface area (Å²) in [6, 6.07) is 8.06. The Bertz CT molecular complexity index is 460. The lowest BCUT2D eigenvalue weighted by molar-refractivity contribution is 0.107. The molecular weight excluding hydrogens is 328 g/mol. The molecule has 0 saturated carbocycles. The molecule has 0 aliphatic rings. The minimum Gasteiger partial charge on any atom is -0.396 e. The lowest BCUT2D eigenvalue weighted by atomic mass is 9.86. The van der Waals surface area contributed by atoms with Crippen LogP contribution in [0.5, 0.6) is 0 Å². The molecule has 150 valence electrons. The van der Waals surface area contributed by atoms with E-state index in [0.717, 1.165) is 24.0 Å². The first-order valence-corrected chi connectivity index (χ1v) is 9.72. The van der Waals surface area contributed by atoms with Crippen molar-refractivity contribution in [1.82, 2.24) is 0 Å². The first-order valence-electron chi connectivity index (χ1n) is 9.72. The summed E-state index contributed by atoms with van der Waals surface area (Å²) in [6.45, 7) is 8.27. The second kappa shape index (κ2) is 10.4. The lowest BCUT2D eigenvalue weighted by Gasteiger charge is -2.23. The number of benzene rings is 1. The van der Waals surface area contributed by atoms with Crippen molar-refractivity contribution < 1.29 is 20.4 Å². The zero-order valence-electron chi connectivity index (χ0n) is 16.9. The van der Waals surface area contributed by atoms with Gasteiger partial charge in [0.15, 0.2) is 0 Å². The van der Waals surface area contributed by atoms with Crippen molar-refractivity contribution in [2.45, 2.75) is 78.4 Å². The van der Waals surface area contributed by atoms with Gasteiger partial charge < -0.3 is 20.4 Å². The summed E-state index contributed by atoms with van der Waals surface area (Å²) in [5.41, 5.74) is 1.87. The van der Waals surface area contributed by atoms with E-state index in [2.05, 4.69) is 0 Å². The highest BCUT2D eigenvalue weighted by Gasteiger charge is 2.19. The molecule has 0 amide bonds. The highest BCUT2D eigenvalue weighted by atomic mass is 16.3. The molecule has 0 aromatic heterocycles. The summed E-state index contributed by atoms with van der Waals surface area (Å²) in [6.07, 6.45) is 3.34. The van der Waals surface area contributed by atoms with Crippen LogP contribution < -0.4 is 0 Å². The van der Waals surface area contributed by atoms with Gasteiger partial charge in [-0.05, 0) is 60.5 Å². The first-order chi connectivity index (χ1) is 12.1. The van der Waals surface area contributed by atoms with Crippen molar-refractivity contribution >= 4 is 0 Å². The van der Waals surface area contributed by atoms with Crippen LogP contribution in [0.15, 0.2) is 24.3 Å². The molecule has 0 aliphatic carbocycles. The SMILES string of the molecule is CC(C)(CO)CCC(O)Cc1ccc(CC(O)CCC(C)(C)CO)cc1. The number of hydrogen-bond acceptors (Lipinski definition) is 4. The van der Waals surface area contributed by atoms with Crippen LogP contribution in [0.2, 0.25) is 0 Å². The second-order valence-corrected chi connectivity index (χ2v) is 9.25. The van der Waals surface area contributed by atoms with Gasteiger partial charge >= 0.3 is 0 Å². The van der Waals surface area contributed by atoms with Crippen molar-refractivity contribution in [3.63, 3.8) is 0 Å². The molecule has 0 aliphatic heterocycles. The van der Waals surface area contributed by atoms with Crippen LogP contribution >= 0.6 is 0 Å². The standard InChI is InChI=1S/C22H38O4/c1-21(2,15-23)11-9-19(25)13-17-5-7-18(8-6-17)14-20(26)10-12-22(3,4)16-24/h5-8,19-20,23-26H,9-16H2,1-4H3. The van der Waals surface area contributed by atoms with E-state index in [9.17, 15) is 20.4 Å². The third-order valence-electron chi connectivity index (χ3n) is 5.13. The summed E-state index contributed by atoms with van der Waals surface area (Å²) >= 11 is 0. The van der Waals surface area contributed by atoms with Crippen molar-refractivity contribution in [2.24, 2.45) is 10.8 Å². The van der Waals surface area contributed by atoms with Gasteiger partial charge in [0.05, 0.1) is 12.2 Å². The van der Waals surface area contributed by atoms with Crippen LogP contribution in [0.4, 0.5) is 0 Å². The third kappa shape index (κ3) is 9.13. The predicted octanol–water partition coefficient (Wildman–Crippen LogP) is 3.09. The normalized spacial score (nSPS) is 15.1. The minimum absolute atomic E-state index is 0.131. The smallest absolute Gasteiger partial charge is 0.0580 e. The zero-order chi connectivity index (χ0) is 19.8.